The van der Waals surface area contributed by atoms with Gasteiger partial charge in [-0.05, 0) is 42.0 Å². The molecule has 1 amide bonds. The lowest BCUT2D eigenvalue weighted by molar-refractivity contribution is -0.385. The van der Waals surface area contributed by atoms with E-state index < -0.39 is 16.9 Å². The first kappa shape index (κ1) is 21.3. The van der Waals surface area contributed by atoms with Gasteiger partial charge in [-0.1, -0.05) is 30.3 Å². The van der Waals surface area contributed by atoms with Crippen molar-refractivity contribution in [3.05, 3.63) is 99.6 Å². The molecule has 8 heteroatoms. The minimum atomic E-state index is -1.15. The van der Waals surface area contributed by atoms with Crippen LogP contribution >= 0.6 is 0 Å². The van der Waals surface area contributed by atoms with Crippen molar-refractivity contribution in [1.29, 1.82) is 5.26 Å². The second-order valence-corrected chi connectivity index (χ2v) is 6.76. The number of nitriles is 1. The van der Waals surface area contributed by atoms with Crippen molar-refractivity contribution < 1.29 is 14.5 Å². The van der Waals surface area contributed by atoms with Crippen LogP contribution in [0.2, 0.25) is 0 Å². The van der Waals surface area contributed by atoms with Crippen LogP contribution in [0.3, 0.4) is 0 Å². The number of rotatable bonds is 8. The van der Waals surface area contributed by atoms with E-state index in [4.69, 9.17) is 15.7 Å². The van der Waals surface area contributed by atoms with Crippen LogP contribution in [0, 0.1) is 21.4 Å². The van der Waals surface area contributed by atoms with E-state index in [0.29, 0.717) is 17.0 Å². The summed E-state index contributed by atoms with van der Waals surface area (Å²) in [5, 5.41) is 20.8. The molecule has 156 valence electrons. The molecule has 31 heavy (non-hydrogen) atoms. The molecule has 0 saturated heterocycles. The first-order chi connectivity index (χ1) is 14.9. The zero-order valence-electron chi connectivity index (χ0n) is 16.8. The molecule has 0 heterocycles. The number of ether oxygens (including phenoxy) is 1. The van der Waals surface area contributed by atoms with Gasteiger partial charge in [0.05, 0.1) is 29.2 Å². The molecule has 3 aromatic rings. The zero-order chi connectivity index (χ0) is 22.4. The number of hydrogen-bond acceptors (Lipinski definition) is 6. The third kappa shape index (κ3) is 4.79. The Bertz CT molecular complexity index is 1120. The van der Waals surface area contributed by atoms with E-state index in [2.05, 4.69) is 0 Å². The number of carbonyl (C=O) groups is 1. The van der Waals surface area contributed by atoms with Crippen molar-refractivity contribution in [3.63, 3.8) is 0 Å². The predicted octanol–water partition coefficient (Wildman–Crippen LogP) is 3.71. The lowest BCUT2D eigenvalue weighted by Gasteiger charge is -2.32. The van der Waals surface area contributed by atoms with Crippen LogP contribution in [-0.2, 0) is 11.3 Å². The van der Waals surface area contributed by atoms with Gasteiger partial charge in [0, 0.05) is 18.3 Å². The molecule has 0 spiro atoms. The molecule has 0 aliphatic rings. The molecule has 3 aromatic carbocycles. The van der Waals surface area contributed by atoms with Crippen LogP contribution in [0.1, 0.15) is 22.7 Å². The molecule has 0 aromatic heterocycles. The maximum atomic E-state index is 12.7. The standard InChI is InChI=1S/C23H20N4O4/c1-31-19-11-12-21(27(29)30)20(13-19)22(23(25)28)26(15-17-5-3-2-4-6-17)18-9-7-16(14-24)8-10-18/h2-13,22H,15H2,1H3,(H2,25,28). The average molecular weight is 416 g/mol. The van der Waals surface area contributed by atoms with Gasteiger partial charge in [0.1, 0.15) is 11.8 Å². The summed E-state index contributed by atoms with van der Waals surface area (Å²) in [6.07, 6.45) is 0. The molecule has 8 nitrogen and oxygen atoms in total. The Morgan fingerprint density at radius 1 is 1.16 bits per heavy atom. The van der Waals surface area contributed by atoms with Gasteiger partial charge < -0.3 is 15.4 Å². The van der Waals surface area contributed by atoms with Crippen molar-refractivity contribution in [2.45, 2.75) is 12.6 Å². The smallest absolute Gasteiger partial charge is 0.275 e. The van der Waals surface area contributed by atoms with Crippen molar-refractivity contribution in [1.82, 2.24) is 0 Å². The summed E-state index contributed by atoms with van der Waals surface area (Å²) < 4.78 is 5.22. The number of nitro benzene ring substituents is 1. The molecule has 0 aliphatic heterocycles. The number of hydrogen-bond donors (Lipinski definition) is 1. The largest absolute Gasteiger partial charge is 0.497 e. The summed E-state index contributed by atoms with van der Waals surface area (Å²) in [6, 6.07) is 21.1. The Morgan fingerprint density at radius 3 is 2.39 bits per heavy atom. The predicted molar refractivity (Wildman–Crippen MR) is 115 cm³/mol. The maximum absolute atomic E-state index is 12.7. The molecule has 0 saturated carbocycles. The average Bonchev–Trinajstić information content (AvgIpc) is 2.79. The second-order valence-electron chi connectivity index (χ2n) is 6.76. The van der Waals surface area contributed by atoms with Crippen LogP contribution < -0.4 is 15.4 Å². The van der Waals surface area contributed by atoms with Gasteiger partial charge in [0.15, 0.2) is 0 Å². The lowest BCUT2D eigenvalue weighted by atomic mass is 10.00. The van der Waals surface area contributed by atoms with Gasteiger partial charge in [0.2, 0.25) is 5.91 Å². The highest BCUT2D eigenvalue weighted by Gasteiger charge is 2.33. The quantitative estimate of drug-likeness (QED) is 0.441. The minimum Gasteiger partial charge on any atom is -0.497 e. The van der Waals surface area contributed by atoms with Crippen LogP contribution in [0.5, 0.6) is 5.75 Å². The highest BCUT2D eigenvalue weighted by Crippen LogP contribution is 2.36. The summed E-state index contributed by atoms with van der Waals surface area (Å²) in [7, 11) is 1.44. The van der Waals surface area contributed by atoms with Crippen molar-refractivity contribution >= 4 is 17.3 Å². The number of carbonyl (C=O) groups excluding carboxylic acids is 1. The third-order valence-electron chi connectivity index (χ3n) is 4.83. The van der Waals surface area contributed by atoms with Gasteiger partial charge in [-0.2, -0.15) is 5.26 Å². The van der Waals surface area contributed by atoms with Crippen LogP contribution in [0.25, 0.3) is 0 Å². The highest BCUT2D eigenvalue weighted by atomic mass is 16.6. The first-order valence-corrected chi connectivity index (χ1v) is 9.37. The molecule has 3 rings (SSSR count). The van der Waals surface area contributed by atoms with Gasteiger partial charge in [-0.25, -0.2) is 0 Å². The van der Waals surface area contributed by atoms with Gasteiger partial charge in [-0.15, -0.1) is 0 Å². The minimum absolute atomic E-state index is 0.122. The molecule has 0 fully saturated rings. The Morgan fingerprint density at radius 2 is 1.84 bits per heavy atom. The number of amides is 1. The van der Waals surface area contributed by atoms with Crippen molar-refractivity contribution in [2.75, 3.05) is 12.0 Å². The molecular formula is C23H20N4O4. The van der Waals surface area contributed by atoms with E-state index >= 15 is 0 Å². The topological polar surface area (TPSA) is 122 Å². The number of anilines is 1. The van der Waals surface area contributed by atoms with Crippen LogP contribution in [-0.4, -0.2) is 17.9 Å². The first-order valence-electron chi connectivity index (χ1n) is 9.37. The van der Waals surface area contributed by atoms with E-state index in [1.165, 1.54) is 25.3 Å². The monoisotopic (exact) mass is 416 g/mol. The number of methoxy groups -OCH3 is 1. The van der Waals surface area contributed by atoms with E-state index in [0.717, 1.165) is 5.56 Å². The molecule has 1 unspecified atom stereocenters. The van der Waals surface area contributed by atoms with Crippen molar-refractivity contribution in [2.24, 2.45) is 5.73 Å². The lowest BCUT2D eigenvalue weighted by Crippen LogP contribution is -2.38. The molecule has 0 aliphatic carbocycles. The van der Waals surface area contributed by atoms with Gasteiger partial charge >= 0.3 is 0 Å². The van der Waals surface area contributed by atoms with Crippen LogP contribution in [0.15, 0.2) is 72.8 Å². The van der Waals surface area contributed by atoms with Crippen molar-refractivity contribution in [3.8, 4) is 11.8 Å². The summed E-state index contributed by atoms with van der Waals surface area (Å²) in [6.45, 7) is 0.259. The third-order valence-corrected chi connectivity index (χ3v) is 4.83. The van der Waals surface area contributed by atoms with Crippen LogP contribution in [0.4, 0.5) is 11.4 Å². The van der Waals surface area contributed by atoms with E-state index in [9.17, 15) is 14.9 Å². The maximum Gasteiger partial charge on any atom is 0.275 e. The van der Waals surface area contributed by atoms with E-state index in [-0.39, 0.29) is 17.8 Å². The fourth-order valence-electron chi connectivity index (χ4n) is 3.36. The summed E-state index contributed by atoms with van der Waals surface area (Å²) in [5.41, 5.74) is 7.58. The number of nitrogens with zero attached hydrogens (tertiary/aromatic N) is 3. The van der Waals surface area contributed by atoms with Gasteiger partial charge in [0.25, 0.3) is 5.69 Å². The number of nitro groups is 1. The van der Waals surface area contributed by atoms with E-state index in [1.54, 1.807) is 29.2 Å². The molecule has 2 N–H and O–H groups in total. The fourth-order valence-corrected chi connectivity index (χ4v) is 3.36. The number of primary amides is 1. The molecule has 1 atom stereocenters. The summed E-state index contributed by atoms with van der Waals surface area (Å²) in [4.78, 5) is 25.5. The summed E-state index contributed by atoms with van der Waals surface area (Å²) in [5.74, 6) is -0.386. The highest BCUT2D eigenvalue weighted by molar-refractivity contribution is 5.86. The number of benzene rings is 3. The molecule has 0 radical (unpaired) electrons. The summed E-state index contributed by atoms with van der Waals surface area (Å²) >= 11 is 0. The number of nitrogens with two attached hydrogens (primary N) is 1. The molecule has 0 bridgehead atoms. The zero-order valence-corrected chi connectivity index (χ0v) is 16.8. The Balaban J connectivity index is 2.19. The van der Waals surface area contributed by atoms with E-state index in [1.807, 2.05) is 36.4 Å². The van der Waals surface area contributed by atoms with Gasteiger partial charge in [-0.3, -0.25) is 14.9 Å². The SMILES string of the molecule is COc1ccc([N+](=O)[O-])c(C(C(N)=O)N(Cc2ccccc2)c2ccc(C#N)cc2)c1. The Labute approximate surface area is 179 Å². The normalized spacial score (nSPS) is 11.2. The molecular weight excluding hydrogens is 396 g/mol. The Kier molecular flexibility index (Phi) is 6.48. The fraction of sp³-hybridized carbons (Fsp3) is 0.130. The second kappa shape index (κ2) is 9.41. The Hall–Kier alpha value is -4.38.